The fourth-order valence-electron chi connectivity index (χ4n) is 5.09. The summed E-state index contributed by atoms with van der Waals surface area (Å²) in [5.41, 5.74) is 2.65. The van der Waals surface area contributed by atoms with Crippen LogP contribution in [0.15, 0.2) is 48.5 Å². The van der Waals surface area contributed by atoms with Crippen molar-refractivity contribution in [3.8, 4) is 5.75 Å². The molecule has 3 rings (SSSR count). The quantitative estimate of drug-likeness (QED) is 0.225. The van der Waals surface area contributed by atoms with Crippen molar-refractivity contribution in [3.05, 3.63) is 65.2 Å². The minimum absolute atomic E-state index is 0.170. The van der Waals surface area contributed by atoms with Crippen molar-refractivity contribution in [1.82, 2.24) is 15.1 Å². The lowest BCUT2D eigenvalue weighted by atomic mass is 9.72. The summed E-state index contributed by atoms with van der Waals surface area (Å²) >= 11 is 5.00. The smallest absolute Gasteiger partial charge is 0.327 e. The molecule has 0 aliphatic carbocycles. The summed E-state index contributed by atoms with van der Waals surface area (Å²) in [7, 11) is 2.09. The first kappa shape index (κ1) is 29.8. The number of carbonyl (C=O) groups is 2. The highest BCUT2D eigenvalue weighted by Crippen LogP contribution is 2.46. The van der Waals surface area contributed by atoms with E-state index in [-0.39, 0.29) is 11.9 Å². The van der Waals surface area contributed by atoms with E-state index in [2.05, 4.69) is 31.1 Å². The van der Waals surface area contributed by atoms with E-state index >= 15 is 0 Å². The van der Waals surface area contributed by atoms with E-state index in [1.807, 2.05) is 69.3 Å². The SMILES string of the molecule is CCC[C@@H](NC(=O)N1C(=O)C(CC)(CC)[C@@H]1Oc1ccc(CN(C)C(C)CC=S)cc1)c1ccc(C)cc1. The maximum atomic E-state index is 13.5. The molecular weight excluding hydrogens is 494 g/mol. The third-order valence-corrected chi connectivity index (χ3v) is 8.17. The van der Waals surface area contributed by atoms with Crippen molar-refractivity contribution in [1.29, 1.82) is 0 Å². The average molecular weight is 538 g/mol. The van der Waals surface area contributed by atoms with Crippen LogP contribution in [0.5, 0.6) is 5.75 Å². The number of urea groups is 1. The molecule has 1 aliphatic heterocycles. The molecule has 1 unspecified atom stereocenters. The lowest BCUT2D eigenvalue weighted by Gasteiger charge is -2.53. The Labute approximate surface area is 233 Å². The molecule has 6 nitrogen and oxygen atoms in total. The van der Waals surface area contributed by atoms with Crippen LogP contribution in [0.1, 0.15) is 82.5 Å². The molecule has 0 spiro atoms. The second kappa shape index (κ2) is 13.3. The van der Waals surface area contributed by atoms with Crippen LogP contribution in [0, 0.1) is 12.3 Å². The maximum Gasteiger partial charge on any atom is 0.327 e. The molecular formula is C31H43N3O3S. The summed E-state index contributed by atoms with van der Waals surface area (Å²) in [6.07, 6.45) is 3.11. The Balaban J connectivity index is 1.76. The number of likely N-dealkylation sites (tertiary alicyclic amines) is 1. The molecule has 7 heteroatoms. The van der Waals surface area contributed by atoms with Crippen molar-refractivity contribution in [2.24, 2.45) is 5.41 Å². The summed E-state index contributed by atoms with van der Waals surface area (Å²) in [4.78, 5) is 30.4. The molecule has 0 aromatic heterocycles. The molecule has 1 N–H and O–H groups in total. The fourth-order valence-corrected chi connectivity index (χ4v) is 5.37. The highest BCUT2D eigenvalue weighted by Gasteiger charge is 2.63. The molecule has 38 heavy (non-hydrogen) atoms. The standard InChI is InChI=1S/C31H43N3O3S/c1-7-10-27(25-15-11-22(4)12-16-25)32-30(36)34-28(35)31(8-2,9-3)29(34)37-26-17-13-24(14-18-26)21-33(6)23(5)19-20-38/h11-18,20,23,27,29H,7-10,19,21H2,1-6H3,(H,32,36)/t23?,27-,29+/m1/s1. The summed E-state index contributed by atoms with van der Waals surface area (Å²) in [5, 5.41) is 4.89. The number of imide groups is 1. The minimum atomic E-state index is -0.712. The number of hydrogen-bond acceptors (Lipinski definition) is 5. The Morgan fingerprint density at radius 3 is 2.32 bits per heavy atom. The van der Waals surface area contributed by atoms with Crippen molar-refractivity contribution >= 4 is 29.5 Å². The molecule has 206 valence electrons. The number of hydrogen-bond donors (Lipinski definition) is 1. The molecule has 1 heterocycles. The number of carbonyl (C=O) groups excluding carboxylic acids is 2. The van der Waals surface area contributed by atoms with Crippen LogP contribution in [0.4, 0.5) is 4.79 Å². The number of amides is 3. The Morgan fingerprint density at radius 1 is 1.13 bits per heavy atom. The van der Waals surface area contributed by atoms with Crippen LogP contribution in [0.25, 0.3) is 0 Å². The van der Waals surface area contributed by atoms with Crippen molar-refractivity contribution < 1.29 is 14.3 Å². The predicted molar refractivity (Wildman–Crippen MR) is 157 cm³/mol. The largest absolute Gasteiger partial charge is 0.469 e. The van der Waals surface area contributed by atoms with Gasteiger partial charge in [0.2, 0.25) is 5.91 Å². The van der Waals surface area contributed by atoms with E-state index in [4.69, 9.17) is 17.0 Å². The van der Waals surface area contributed by atoms with E-state index in [0.717, 1.165) is 36.9 Å². The van der Waals surface area contributed by atoms with Gasteiger partial charge in [-0.3, -0.25) is 9.69 Å². The summed E-state index contributed by atoms with van der Waals surface area (Å²) < 4.78 is 6.37. The van der Waals surface area contributed by atoms with Crippen LogP contribution in [-0.4, -0.2) is 46.4 Å². The lowest BCUT2D eigenvalue weighted by molar-refractivity contribution is -0.191. The van der Waals surface area contributed by atoms with Crippen molar-refractivity contribution in [3.63, 3.8) is 0 Å². The Kier molecular flexibility index (Phi) is 10.5. The molecule has 3 amide bonds. The van der Waals surface area contributed by atoms with Gasteiger partial charge in [0.05, 0.1) is 6.04 Å². The van der Waals surface area contributed by atoms with Crippen LogP contribution in [0.2, 0.25) is 0 Å². The predicted octanol–water partition coefficient (Wildman–Crippen LogP) is 6.81. The molecule has 0 saturated carbocycles. The van der Waals surface area contributed by atoms with Gasteiger partial charge in [-0.05, 0) is 75.2 Å². The first-order valence-corrected chi connectivity index (χ1v) is 14.3. The molecule has 1 aliphatic rings. The zero-order valence-electron chi connectivity index (χ0n) is 23.7. The third kappa shape index (κ3) is 6.44. The molecule has 0 bridgehead atoms. The zero-order valence-corrected chi connectivity index (χ0v) is 24.5. The number of nitrogens with one attached hydrogen (secondary N) is 1. The van der Waals surface area contributed by atoms with Crippen LogP contribution in [0.3, 0.4) is 0 Å². The minimum Gasteiger partial charge on any atom is -0.469 e. The number of aryl methyl sites for hydroxylation is 1. The Hall–Kier alpha value is -2.77. The van der Waals surface area contributed by atoms with Gasteiger partial charge >= 0.3 is 6.03 Å². The number of thiocarbonyl (C=S) groups is 1. The number of nitrogens with zero attached hydrogens (tertiary/aromatic N) is 2. The number of ether oxygens (including phenoxy) is 1. The van der Waals surface area contributed by atoms with Gasteiger partial charge in [0.1, 0.15) is 11.2 Å². The lowest BCUT2D eigenvalue weighted by Crippen LogP contribution is -2.73. The van der Waals surface area contributed by atoms with Gasteiger partial charge in [-0.15, -0.1) is 0 Å². The van der Waals surface area contributed by atoms with Crippen LogP contribution < -0.4 is 10.1 Å². The summed E-state index contributed by atoms with van der Waals surface area (Å²) in [5.74, 6) is 0.475. The molecule has 0 radical (unpaired) electrons. The number of benzene rings is 2. The zero-order chi connectivity index (χ0) is 27.9. The monoisotopic (exact) mass is 537 g/mol. The van der Waals surface area contributed by atoms with Crippen LogP contribution in [-0.2, 0) is 11.3 Å². The highest BCUT2D eigenvalue weighted by molar-refractivity contribution is 7.78. The van der Waals surface area contributed by atoms with Gasteiger partial charge in [0.25, 0.3) is 0 Å². The van der Waals surface area contributed by atoms with E-state index in [0.29, 0.717) is 24.6 Å². The first-order chi connectivity index (χ1) is 18.2. The Morgan fingerprint density at radius 2 is 1.76 bits per heavy atom. The first-order valence-electron chi connectivity index (χ1n) is 13.8. The maximum absolute atomic E-state index is 13.5. The van der Waals surface area contributed by atoms with Gasteiger partial charge in [0.15, 0.2) is 6.23 Å². The van der Waals surface area contributed by atoms with E-state index < -0.39 is 17.7 Å². The molecule has 3 atom stereocenters. The Bertz CT molecular complexity index is 1080. The topological polar surface area (TPSA) is 61.9 Å². The van der Waals surface area contributed by atoms with E-state index in [9.17, 15) is 9.59 Å². The highest BCUT2D eigenvalue weighted by atomic mass is 32.1. The van der Waals surface area contributed by atoms with Gasteiger partial charge in [-0.2, -0.15) is 0 Å². The fraction of sp³-hybridized carbons (Fsp3) is 0.516. The molecule has 2 aromatic carbocycles. The third-order valence-electron chi connectivity index (χ3n) is 7.98. The molecule has 1 fully saturated rings. The summed E-state index contributed by atoms with van der Waals surface area (Å²) in [6, 6.07) is 15.9. The van der Waals surface area contributed by atoms with Gasteiger partial charge in [0, 0.05) is 12.6 Å². The average Bonchev–Trinajstić information content (AvgIpc) is 2.90. The second-order valence-corrected chi connectivity index (χ2v) is 10.9. The number of rotatable bonds is 13. The van der Waals surface area contributed by atoms with Crippen molar-refractivity contribution in [2.45, 2.75) is 91.6 Å². The van der Waals surface area contributed by atoms with Gasteiger partial charge < -0.3 is 10.1 Å². The summed E-state index contributed by atoms with van der Waals surface area (Å²) in [6.45, 7) is 11.1. The molecule has 1 saturated heterocycles. The van der Waals surface area contributed by atoms with Crippen molar-refractivity contribution in [2.75, 3.05) is 7.05 Å². The van der Waals surface area contributed by atoms with E-state index in [1.165, 1.54) is 10.5 Å². The normalized spacial score (nSPS) is 18.0. The van der Waals surface area contributed by atoms with Gasteiger partial charge in [-0.1, -0.05) is 81.4 Å². The second-order valence-electron chi connectivity index (χ2n) is 10.5. The number of β-lactam (4-membered cyclic amide) rings is 1. The molecule has 2 aromatic rings. The van der Waals surface area contributed by atoms with Crippen LogP contribution >= 0.6 is 12.2 Å². The van der Waals surface area contributed by atoms with E-state index in [1.54, 1.807) is 5.37 Å². The van der Waals surface area contributed by atoms with Gasteiger partial charge in [-0.25, -0.2) is 9.69 Å².